The van der Waals surface area contributed by atoms with E-state index in [4.69, 9.17) is 4.42 Å². The van der Waals surface area contributed by atoms with Gasteiger partial charge in [0.05, 0.1) is 6.26 Å². The van der Waals surface area contributed by atoms with Crippen molar-refractivity contribution < 1.29 is 22.4 Å². The Labute approximate surface area is 97.2 Å². The number of rotatable bonds is 4. The van der Waals surface area contributed by atoms with Crippen molar-refractivity contribution in [3.8, 4) is 0 Å². The van der Waals surface area contributed by atoms with E-state index in [0.29, 0.717) is 0 Å². The van der Waals surface area contributed by atoms with E-state index in [1.165, 1.54) is 18.4 Å². The highest BCUT2D eigenvalue weighted by Crippen LogP contribution is 2.19. The number of amides is 1. The maximum Gasteiger partial charge on any atom is 0.406 e. The van der Waals surface area contributed by atoms with E-state index in [9.17, 15) is 18.0 Å². The first kappa shape index (κ1) is 13.6. The highest BCUT2D eigenvalue weighted by atomic mass is 19.4. The van der Waals surface area contributed by atoms with Crippen LogP contribution in [0, 0.1) is 5.92 Å². The van der Waals surface area contributed by atoms with Crippen molar-refractivity contribution in [3.63, 3.8) is 0 Å². The molecule has 1 rings (SSSR count). The van der Waals surface area contributed by atoms with E-state index >= 15 is 0 Å². The second-order valence-corrected chi connectivity index (χ2v) is 4.17. The lowest BCUT2D eigenvalue weighted by molar-refractivity contribution is -0.141. The third kappa shape index (κ3) is 4.50. The van der Waals surface area contributed by atoms with Crippen molar-refractivity contribution in [2.75, 3.05) is 13.1 Å². The maximum atomic E-state index is 12.3. The van der Waals surface area contributed by atoms with E-state index in [2.05, 4.69) is 0 Å². The zero-order valence-electron chi connectivity index (χ0n) is 9.62. The van der Waals surface area contributed by atoms with Gasteiger partial charge in [-0.25, -0.2) is 0 Å². The molecule has 0 N–H and O–H groups in total. The van der Waals surface area contributed by atoms with E-state index < -0.39 is 18.6 Å². The van der Waals surface area contributed by atoms with Crippen LogP contribution in [0.15, 0.2) is 22.8 Å². The van der Waals surface area contributed by atoms with Gasteiger partial charge in [-0.15, -0.1) is 0 Å². The van der Waals surface area contributed by atoms with Crippen LogP contribution in [0.5, 0.6) is 0 Å². The Kier molecular flexibility index (Phi) is 4.20. The van der Waals surface area contributed by atoms with Crippen LogP contribution in [0.4, 0.5) is 13.2 Å². The van der Waals surface area contributed by atoms with Crippen LogP contribution in [0.2, 0.25) is 0 Å². The molecule has 0 aliphatic carbocycles. The molecule has 0 radical (unpaired) electrons. The van der Waals surface area contributed by atoms with Gasteiger partial charge in [0.25, 0.3) is 5.91 Å². The first-order valence-corrected chi connectivity index (χ1v) is 5.19. The topological polar surface area (TPSA) is 33.5 Å². The van der Waals surface area contributed by atoms with E-state index in [0.717, 1.165) is 4.90 Å². The van der Waals surface area contributed by atoms with Crippen LogP contribution < -0.4 is 0 Å². The Morgan fingerprint density at radius 3 is 2.53 bits per heavy atom. The van der Waals surface area contributed by atoms with Gasteiger partial charge in [-0.05, 0) is 18.1 Å². The molecule has 0 fully saturated rings. The van der Waals surface area contributed by atoms with Crippen LogP contribution in [-0.4, -0.2) is 30.1 Å². The smallest absolute Gasteiger partial charge is 0.406 e. The molecule has 0 unspecified atom stereocenters. The molecular formula is C11H14F3NO2. The lowest BCUT2D eigenvalue weighted by Crippen LogP contribution is -2.40. The molecule has 96 valence electrons. The van der Waals surface area contributed by atoms with E-state index in [1.54, 1.807) is 13.8 Å². The molecule has 0 aliphatic rings. The second-order valence-electron chi connectivity index (χ2n) is 4.17. The number of hydrogen-bond acceptors (Lipinski definition) is 2. The lowest BCUT2D eigenvalue weighted by Gasteiger charge is -2.24. The maximum absolute atomic E-state index is 12.3. The van der Waals surface area contributed by atoms with Gasteiger partial charge >= 0.3 is 6.18 Å². The minimum Gasteiger partial charge on any atom is -0.459 e. The quantitative estimate of drug-likeness (QED) is 0.822. The zero-order chi connectivity index (χ0) is 13.1. The average molecular weight is 249 g/mol. The fraction of sp³-hybridized carbons (Fsp3) is 0.545. The molecule has 1 aromatic rings. The number of carbonyl (C=O) groups excluding carboxylic acids is 1. The number of carbonyl (C=O) groups is 1. The Morgan fingerprint density at radius 1 is 1.47 bits per heavy atom. The van der Waals surface area contributed by atoms with Gasteiger partial charge in [0.2, 0.25) is 0 Å². The molecule has 3 nitrogen and oxygen atoms in total. The normalized spacial score (nSPS) is 11.9. The summed E-state index contributed by atoms with van der Waals surface area (Å²) >= 11 is 0. The molecule has 0 saturated carbocycles. The van der Waals surface area contributed by atoms with Crippen LogP contribution in [0.25, 0.3) is 0 Å². The second kappa shape index (κ2) is 5.25. The molecular weight excluding hydrogens is 235 g/mol. The van der Waals surface area contributed by atoms with Crippen molar-refractivity contribution >= 4 is 5.91 Å². The summed E-state index contributed by atoms with van der Waals surface area (Å²) in [6.45, 7) is 2.28. The Morgan fingerprint density at radius 2 is 2.12 bits per heavy atom. The first-order valence-electron chi connectivity index (χ1n) is 5.19. The molecule has 0 aromatic carbocycles. The summed E-state index contributed by atoms with van der Waals surface area (Å²) in [6.07, 6.45) is -3.15. The van der Waals surface area contributed by atoms with Gasteiger partial charge < -0.3 is 9.32 Å². The molecule has 0 saturated heterocycles. The summed E-state index contributed by atoms with van der Waals surface area (Å²) in [4.78, 5) is 12.5. The first-order chi connectivity index (χ1) is 7.79. The summed E-state index contributed by atoms with van der Waals surface area (Å²) < 4.78 is 41.8. The third-order valence-electron chi connectivity index (χ3n) is 1.97. The Bertz CT molecular complexity index is 357. The number of hydrogen-bond donors (Lipinski definition) is 0. The van der Waals surface area contributed by atoms with Crippen LogP contribution in [0.1, 0.15) is 24.4 Å². The van der Waals surface area contributed by atoms with Gasteiger partial charge in [0.1, 0.15) is 6.54 Å². The monoisotopic (exact) mass is 249 g/mol. The Hall–Kier alpha value is -1.46. The summed E-state index contributed by atoms with van der Waals surface area (Å²) in [5.41, 5.74) is 0. The molecule has 0 atom stereocenters. The van der Waals surface area contributed by atoms with Crippen molar-refractivity contribution in [1.29, 1.82) is 0 Å². The minimum absolute atomic E-state index is 0.0407. The number of halogens is 3. The molecule has 0 bridgehead atoms. The van der Waals surface area contributed by atoms with Gasteiger partial charge in [0, 0.05) is 6.54 Å². The van der Waals surface area contributed by atoms with Gasteiger partial charge in [-0.1, -0.05) is 13.8 Å². The Balaban J connectivity index is 2.79. The predicted octanol–water partition coefficient (Wildman–Crippen LogP) is 2.94. The van der Waals surface area contributed by atoms with Gasteiger partial charge in [0.15, 0.2) is 5.76 Å². The fourth-order valence-electron chi connectivity index (χ4n) is 1.43. The van der Waals surface area contributed by atoms with Crippen molar-refractivity contribution in [2.24, 2.45) is 5.92 Å². The summed E-state index contributed by atoms with van der Waals surface area (Å²) in [5.74, 6) is -0.854. The molecule has 0 aliphatic heterocycles. The van der Waals surface area contributed by atoms with Gasteiger partial charge in [-0.2, -0.15) is 13.2 Å². The standard InChI is InChI=1S/C11H14F3NO2/c1-8(2)6-15(7-11(12,13)14)10(16)9-4-3-5-17-9/h3-5,8H,6-7H2,1-2H3. The highest BCUT2D eigenvalue weighted by Gasteiger charge is 2.34. The minimum atomic E-state index is -4.41. The van der Waals surface area contributed by atoms with Crippen LogP contribution >= 0.6 is 0 Å². The molecule has 1 amide bonds. The molecule has 1 heterocycles. The van der Waals surface area contributed by atoms with Crippen LogP contribution in [-0.2, 0) is 0 Å². The average Bonchev–Trinajstić information content (AvgIpc) is 2.65. The molecule has 17 heavy (non-hydrogen) atoms. The van der Waals surface area contributed by atoms with Crippen molar-refractivity contribution in [3.05, 3.63) is 24.2 Å². The lowest BCUT2D eigenvalue weighted by atomic mass is 10.2. The largest absolute Gasteiger partial charge is 0.459 e. The summed E-state index contributed by atoms with van der Waals surface area (Å²) in [5, 5.41) is 0. The van der Waals surface area contributed by atoms with Crippen molar-refractivity contribution in [2.45, 2.75) is 20.0 Å². The van der Waals surface area contributed by atoms with E-state index in [1.807, 2.05) is 0 Å². The third-order valence-corrected chi connectivity index (χ3v) is 1.97. The number of alkyl halides is 3. The number of furan rings is 1. The van der Waals surface area contributed by atoms with Gasteiger partial charge in [-0.3, -0.25) is 4.79 Å². The highest BCUT2D eigenvalue weighted by molar-refractivity contribution is 5.91. The summed E-state index contributed by atoms with van der Waals surface area (Å²) in [7, 11) is 0. The zero-order valence-corrected chi connectivity index (χ0v) is 9.62. The molecule has 0 spiro atoms. The SMILES string of the molecule is CC(C)CN(CC(F)(F)F)C(=O)c1ccco1. The predicted molar refractivity (Wildman–Crippen MR) is 55.5 cm³/mol. The molecule has 1 aromatic heterocycles. The number of nitrogens with zero attached hydrogens (tertiary/aromatic N) is 1. The van der Waals surface area contributed by atoms with Crippen LogP contribution in [0.3, 0.4) is 0 Å². The van der Waals surface area contributed by atoms with E-state index in [-0.39, 0.29) is 18.2 Å². The molecule has 6 heteroatoms. The fourth-order valence-corrected chi connectivity index (χ4v) is 1.43. The summed E-state index contributed by atoms with van der Waals surface area (Å²) in [6, 6.07) is 2.82. The van der Waals surface area contributed by atoms with Crippen molar-refractivity contribution in [1.82, 2.24) is 4.90 Å².